The number of ether oxygens (including phenoxy) is 1. The van der Waals surface area contributed by atoms with Crippen LogP contribution in [0.15, 0.2) is 79.0 Å². The van der Waals surface area contributed by atoms with Crippen LogP contribution < -0.4 is 10.1 Å². The summed E-state index contributed by atoms with van der Waals surface area (Å²) < 4.78 is 7.43. The molecular formula is C28H28N4O2S. The standard InChI is InChI=1S/C28H28N4O2S/c1-18-16-22(19(2)32(18)24-9-4-5-10-25(24)33)27-26(23-8-6-7-15-29-23)30-28(35)31(27)17-20-11-13-21(34-3)14-12-20/h4-16,26-27,33H,17H2,1-3H3,(H,30,35)/t26-,27+/m0/s1. The number of phenolic OH excluding ortho intramolecular Hbond substituents is 1. The first-order chi connectivity index (χ1) is 17.0. The Hall–Kier alpha value is -3.84. The molecule has 0 unspecified atom stereocenters. The number of benzene rings is 2. The lowest BCUT2D eigenvalue weighted by Gasteiger charge is -2.28. The van der Waals surface area contributed by atoms with E-state index in [2.05, 4.69) is 51.8 Å². The van der Waals surface area contributed by atoms with Gasteiger partial charge in [0, 0.05) is 24.1 Å². The number of rotatable bonds is 6. The molecule has 0 saturated carbocycles. The van der Waals surface area contributed by atoms with E-state index in [9.17, 15) is 5.11 Å². The minimum atomic E-state index is -0.111. The minimum Gasteiger partial charge on any atom is -0.506 e. The van der Waals surface area contributed by atoms with Crippen molar-refractivity contribution in [2.45, 2.75) is 32.5 Å². The Balaban J connectivity index is 1.60. The van der Waals surface area contributed by atoms with Gasteiger partial charge in [-0.2, -0.15) is 0 Å². The summed E-state index contributed by atoms with van der Waals surface area (Å²) in [5.74, 6) is 1.07. The number of aromatic nitrogens is 2. The van der Waals surface area contributed by atoms with E-state index in [4.69, 9.17) is 17.0 Å². The van der Waals surface area contributed by atoms with Crippen LogP contribution in [0.4, 0.5) is 0 Å². The summed E-state index contributed by atoms with van der Waals surface area (Å²) in [6.45, 7) is 4.80. The van der Waals surface area contributed by atoms with E-state index in [-0.39, 0.29) is 17.8 Å². The van der Waals surface area contributed by atoms with Crippen LogP contribution >= 0.6 is 12.2 Å². The van der Waals surface area contributed by atoms with Gasteiger partial charge in [0.15, 0.2) is 5.11 Å². The fourth-order valence-electron chi connectivity index (χ4n) is 4.95. The van der Waals surface area contributed by atoms with E-state index in [1.165, 1.54) is 0 Å². The van der Waals surface area contributed by atoms with Crippen LogP contribution in [0.5, 0.6) is 11.5 Å². The Morgan fingerprint density at radius 1 is 1.03 bits per heavy atom. The maximum atomic E-state index is 10.6. The molecule has 1 saturated heterocycles. The maximum Gasteiger partial charge on any atom is 0.170 e. The third kappa shape index (κ3) is 4.23. The number of methoxy groups -OCH3 is 1. The molecule has 1 aliphatic heterocycles. The van der Waals surface area contributed by atoms with Gasteiger partial charge in [0.05, 0.1) is 30.6 Å². The second-order valence-electron chi connectivity index (χ2n) is 8.75. The molecule has 35 heavy (non-hydrogen) atoms. The number of aryl methyl sites for hydroxylation is 1. The Morgan fingerprint density at radius 3 is 2.46 bits per heavy atom. The van der Waals surface area contributed by atoms with Gasteiger partial charge in [-0.15, -0.1) is 0 Å². The SMILES string of the molecule is COc1ccc(CN2C(=S)N[C@@H](c3ccccn3)[C@H]2c2cc(C)n(-c3ccccc3O)c2C)cc1. The van der Waals surface area contributed by atoms with Gasteiger partial charge in [-0.1, -0.05) is 30.3 Å². The zero-order valence-electron chi connectivity index (χ0n) is 20.0. The lowest BCUT2D eigenvalue weighted by atomic mass is 9.96. The highest BCUT2D eigenvalue weighted by molar-refractivity contribution is 7.80. The van der Waals surface area contributed by atoms with Gasteiger partial charge in [-0.05, 0) is 79.7 Å². The van der Waals surface area contributed by atoms with E-state index in [1.54, 1.807) is 13.2 Å². The largest absolute Gasteiger partial charge is 0.506 e. The highest BCUT2D eigenvalue weighted by atomic mass is 32.1. The summed E-state index contributed by atoms with van der Waals surface area (Å²) in [6, 6.07) is 23.5. The topological polar surface area (TPSA) is 62.5 Å². The van der Waals surface area contributed by atoms with Crippen molar-refractivity contribution in [2.24, 2.45) is 0 Å². The molecule has 0 bridgehead atoms. The molecule has 0 spiro atoms. The fraction of sp³-hybridized carbons (Fsp3) is 0.214. The third-order valence-corrected chi connectivity index (χ3v) is 6.97. The first-order valence-corrected chi connectivity index (χ1v) is 12.0. The summed E-state index contributed by atoms with van der Waals surface area (Å²) in [5.41, 5.74) is 6.07. The van der Waals surface area contributed by atoms with E-state index >= 15 is 0 Å². The quantitative estimate of drug-likeness (QED) is 0.359. The molecule has 6 nitrogen and oxygen atoms in total. The van der Waals surface area contributed by atoms with Crippen molar-refractivity contribution in [3.05, 3.63) is 107 Å². The molecule has 0 amide bonds. The number of nitrogens with one attached hydrogen (secondary N) is 1. The van der Waals surface area contributed by atoms with Crippen molar-refractivity contribution in [1.29, 1.82) is 0 Å². The van der Waals surface area contributed by atoms with E-state index in [0.717, 1.165) is 39.6 Å². The van der Waals surface area contributed by atoms with Gasteiger partial charge in [0.2, 0.25) is 0 Å². The van der Waals surface area contributed by atoms with Crippen LogP contribution in [0.3, 0.4) is 0 Å². The molecule has 5 rings (SSSR count). The monoisotopic (exact) mass is 484 g/mol. The van der Waals surface area contributed by atoms with Crippen molar-refractivity contribution >= 4 is 17.3 Å². The molecule has 2 N–H and O–H groups in total. The molecular weight excluding hydrogens is 456 g/mol. The Kier molecular flexibility index (Phi) is 6.17. The average molecular weight is 485 g/mol. The predicted molar refractivity (Wildman–Crippen MR) is 141 cm³/mol. The molecule has 0 radical (unpaired) electrons. The summed E-state index contributed by atoms with van der Waals surface area (Å²) in [4.78, 5) is 6.88. The van der Waals surface area contributed by atoms with Gasteiger partial charge < -0.3 is 24.6 Å². The van der Waals surface area contributed by atoms with E-state index < -0.39 is 0 Å². The van der Waals surface area contributed by atoms with Crippen molar-refractivity contribution < 1.29 is 9.84 Å². The third-order valence-electron chi connectivity index (χ3n) is 6.62. The molecule has 4 aromatic rings. The zero-order chi connectivity index (χ0) is 24.5. The van der Waals surface area contributed by atoms with Crippen LogP contribution in [-0.2, 0) is 6.54 Å². The summed E-state index contributed by atoms with van der Waals surface area (Å²) in [5, 5.41) is 14.8. The highest BCUT2D eigenvalue weighted by Crippen LogP contribution is 2.42. The van der Waals surface area contributed by atoms with E-state index in [0.29, 0.717) is 11.7 Å². The normalized spacial score (nSPS) is 17.5. The average Bonchev–Trinajstić information content (AvgIpc) is 3.35. The fourth-order valence-corrected chi connectivity index (χ4v) is 5.26. The number of pyridine rings is 1. The summed E-state index contributed by atoms with van der Waals surface area (Å²) >= 11 is 5.86. The number of hydrogen-bond acceptors (Lipinski definition) is 4. The minimum absolute atomic E-state index is 0.0784. The Bertz CT molecular complexity index is 1350. The first kappa shape index (κ1) is 22.9. The molecule has 7 heteroatoms. The Morgan fingerprint density at radius 2 is 1.77 bits per heavy atom. The van der Waals surface area contributed by atoms with Crippen LogP contribution in [-0.4, -0.2) is 31.8 Å². The number of phenols is 1. The second-order valence-corrected chi connectivity index (χ2v) is 9.14. The number of hydrogen-bond donors (Lipinski definition) is 2. The first-order valence-electron chi connectivity index (χ1n) is 11.6. The van der Waals surface area contributed by atoms with Crippen molar-refractivity contribution in [1.82, 2.24) is 19.8 Å². The molecule has 2 atom stereocenters. The lowest BCUT2D eigenvalue weighted by Crippen LogP contribution is -2.29. The molecule has 2 aromatic carbocycles. The van der Waals surface area contributed by atoms with Crippen LogP contribution in [0.25, 0.3) is 5.69 Å². The molecule has 1 fully saturated rings. The molecule has 2 aromatic heterocycles. The van der Waals surface area contributed by atoms with Crippen molar-refractivity contribution in [3.8, 4) is 17.2 Å². The van der Waals surface area contributed by atoms with Gasteiger partial charge >= 0.3 is 0 Å². The summed E-state index contributed by atoms with van der Waals surface area (Å²) in [7, 11) is 1.67. The predicted octanol–water partition coefficient (Wildman–Crippen LogP) is 5.38. The van der Waals surface area contributed by atoms with Gasteiger partial charge in [0.1, 0.15) is 11.5 Å². The van der Waals surface area contributed by atoms with Gasteiger partial charge in [-0.25, -0.2) is 0 Å². The van der Waals surface area contributed by atoms with Crippen LogP contribution in [0.1, 0.15) is 40.3 Å². The number of aromatic hydroxyl groups is 1. The van der Waals surface area contributed by atoms with Crippen LogP contribution in [0.2, 0.25) is 0 Å². The van der Waals surface area contributed by atoms with Crippen molar-refractivity contribution in [3.63, 3.8) is 0 Å². The maximum absolute atomic E-state index is 10.6. The molecule has 3 heterocycles. The molecule has 1 aliphatic rings. The smallest absolute Gasteiger partial charge is 0.170 e. The van der Waals surface area contributed by atoms with Gasteiger partial charge in [-0.3, -0.25) is 4.98 Å². The van der Waals surface area contributed by atoms with E-state index in [1.807, 2.05) is 54.7 Å². The second kappa shape index (κ2) is 9.43. The number of thiocarbonyl (C=S) groups is 1. The number of nitrogens with zero attached hydrogens (tertiary/aromatic N) is 3. The molecule has 178 valence electrons. The zero-order valence-corrected chi connectivity index (χ0v) is 20.8. The molecule has 0 aliphatic carbocycles. The van der Waals surface area contributed by atoms with Crippen molar-refractivity contribution in [2.75, 3.05) is 7.11 Å². The Labute approximate surface area is 210 Å². The van der Waals surface area contributed by atoms with Gasteiger partial charge in [0.25, 0.3) is 0 Å². The lowest BCUT2D eigenvalue weighted by molar-refractivity contribution is 0.310. The highest BCUT2D eigenvalue weighted by Gasteiger charge is 2.41. The number of para-hydroxylation sites is 2. The summed E-state index contributed by atoms with van der Waals surface area (Å²) in [6.07, 6.45) is 1.81. The van der Waals surface area contributed by atoms with Crippen LogP contribution in [0, 0.1) is 13.8 Å².